The lowest BCUT2D eigenvalue weighted by Gasteiger charge is -2.35. The van der Waals surface area contributed by atoms with Gasteiger partial charge in [0, 0.05) is 49.4 Å². The van der Waals surface area contributed by atoms with Gasteiger partial charge in [0.05, 0.1) is 5.56 Å². The summed E-state index contributed by atoms with van der Waals surface area (Å²) in [6, 6.07) is 6.68. The zero-order chi connectivity index (χ0) is 20.8. The third-order valence-corrected chi connectivity index (χ3v) is 5.84. The Labute approximate surface area is 174 Å². The first-order chi connectivity index (χ1) is 14.1. The summed E-state index contributed by atoms with van der Waals surface area (Å²) < 4.78 is 0. The summed E-state index contributed by atoms with van der Waals surface area (Å²) in [5, 5.41) is 3.27. The smallest absolute Gasteiger partial charge is 0.257 e. The van der Waals surface area contributed by atoms with E-state index in [0.29, 0.717) is 17.6 Å². The number of nitrogens with one attached hydrogen (secondary N) is 1. The number of hydrogen-bond donors (Lipinski definition) is 1. The molecule has 1 aliphatic rings. The van der Waals surface area contributed by atoms with E-state index in [9.17, 15) is 4.79 Å². The summed E-state index contributed by atoms with van der Waals surface area (Å²) in [7, 11) is 0. The lowest BCUT2D eigenvalue weighted by atomic mass is 9.99. The maximum Gasteiger partial charge on any atom is 0.257 e. The number of aryl methyl sites for hydroxylation is 1. The van der Waals surface area contributed by atoms with Crippen molar-refractivity contribution in [2.45, 2.75) is 59.4 Å². The zero-order valence-corrected chi connectivity index (χ0v) is 18.1. The van der Waals surface area contributed by atoms with Gasteiger partial charge in [-0.15, -0.1) is 0 Å². The molecule has 0 bridgehead atoms. The molecule has 156 valence electrons. The number of hydrogen-bond acceptors (Lipinski definition) is 5. The molecule has 6 nitrogen and oxygen atoms in total. The van der Waals surface area contributed by atoms with Gasteiger partial charge < -0.3 is 15.1 Å². The molecule has 1 atom stereocenters. The molecule has 0 radical (unpaired) electrons. The van der Waals surface area contributed by atoms with E-state index in [1.807, 2.05) is 4.90 Å². The zero-order valence-electron chi connectivity index (χ0n) is 18.1. The molecule has 0 aliphatic carbocycles. The number of anilines is 3. The van der Waals surface area contributed by atoms with Gasteiger partial charge in [0.2, 0.25) is 5.95 Å². The van der Waals surface area contributed by atoms with Crippen LogP contribution in [0.2, 0.25) is 0 Å². The highest BCUT2D eigenvalue weighted by Gasteiger charge is 2.26. The van der Waals surface area contributed by atoms with Crippen molar-refractivity contribution in [1.82, 2.24) is 14.9 Å². The van der Waals surface area contributed by atoms with Crippen LogP contribution >= 0.6 is 0 Å². The Morgan fingerprint density at radius 1 is 1.17 bits per heavy atom. The summed E-state index contributed by atoms with van der Waals surface area (Å²) in [4.78, 5) is 26.0. The Morgan fingerprint density at radius 3 is 2.52 bits per heavy atom. The summed E-state index contributed by atoms with van der Waals surface area (Å²) in [6.07, 6.45) is 7.64. The lowest BCUT2D eigenvalue weighted by Crippen LogP contribution is -2.43. The largest absolute Gasteiger partial charge is 0.372 e. The van der Waals surface area contributed by atoms with Crippen molar-refractivity contribution in [3.05, 3.63) is 41.7 Å². The van der Waals surface area contributed by atoms with E-state index in [0.717, 1.165) is 50.1 Å². The second kappa shape index (κ2) is 9.72. The van der Waals surface area contributed by atoms with Gasteiger partial charge in [0.25, 0.3) is 5.91 Å². The number of nitrogens with zero attached hydrogens (tertiary/aromatic N) is 4. The number of rotatable bonds is 7. The van der Waals surface area contributed by atoms with Gasteiger partial charge in [-0.25, -0.2) is 9.97 Å². The van der Waals surface area contributed by atoms with E-state index in [1.54, 1.807) is 12.4 Å². The molecule has 1 saturated heterocycles. The quantitative estimate of drug-likeness (QED) is 0.731. The number of aromatic nitrogens is 2. The van der Waals surface area contributed by atoms with E-state index < -0.39 is 0 Å². The summed E-state index contributed by atoms with van der Waals surface area (Å²) >= 11 is 0. The molecule has 2 heterocycles. The van der Waals surface area contributed by atoms with Gasteiger partial charge >= 0.3 is 0 Å². The number of likely N-dealkylation sites (tertiary alicyclic amines) is 1. The predicted molar refractivity (Wildman–Crippen MR) is 119 cm³/mol. The summed E-state index contributed by atoms with van der Waals surface area (Å²) in [5.74, 6) is 0.550. The number of carbonyl (C=O) groups excluding carboxylic acids is 1. The van der Waals surface area contributed by atoms with Crippen molar-refractivity contribution < 1.29 is 4.79 Å². The van der Waals surface area contributed by atoms with Crippen LogP contribution in [0.25, 0.3) is 0 Å². The SMILES string of the molecule is CCC1CCCCN1C(=O)c1cnc(Nc2ccc(N(CC)CC)cc2C)nc1. The molecule has 0 saturated carbocycles. The van der Waals surface area contributed by atoms with Crippen LogP contribution in [0.3, 0.4) is 0 Å². The van der Waals surface area contributed by atoms with Crippen molar-refractivity contribution in [2.24, 2.45) is 0 Å². The van der Waals surface area contributed by atoms with Gasteiger partial charge in [0.1, 0.15) is 0 Å². The number of carbonyl (C=O) groups is 1. The van der Waals surface area contributed by atoms with Crippen molar-refractivity contribution in [1.29, 1.82) is 0 Å². The second-order valence-electron chi connectivity index (χ2n) is 7.65. The topological polar surface area (TPSA) is 61.4 Å². The highest BCUT2D eigenvalue weighted by molar-refractivity contribution is 5.94. The van der Waals surface area contributed by atoms with Crippen molar-refractivity contribution in [3.8, 4) is 0 Å². The number of amides is 1. The van der Waals surface area contributed by atoms with Gasteiger partial charge in [-0.2, -0.15) is 0 Å². The molecule has 1 aliphatic heterocycles. The van der Waals surface area contributed by atoms with Crippen LogP contribution in [0.4, 0.5) is 17.3 Å². The second-order valence-corrected chi connectivity index (χ2v) is 7.65. The molecular formula is C23H33N5O. The maximum atomic E-state index is 12.9. The van der Waals surface area contributed by atoms with E-state index in [-0.39, 0.29) is 5.91 Å². The maximum absolute atomic E-state index is 12.9. The molecule has 1 unspecified atom stereocenters. The van der Waals surface area contributed by atoms with E-state index in [2.05, 4.69) is 66.1 Å². The minimum atomic E-state index is 0.0443. The minimum Gasteiger partial charge on any atom is -0.372 e. The average Bonchev–Trinajstić information content (AvgIpc) is 2.76. The Kier molecular flexibility index (Phi) is 7.07. The van der Waals surface area contributed by atoms with E-state index in [1.165, 1.54) is 12.1 Å². The van der Waals surface area contributed by atoms with Crippen LogP contribution in [-0.4, -0.2) is 46.5 Å². The fourth-order valence-corrected chi connectivity index (χ4v) is 4.06. The van der Waals surface area contributed by atoms with Crippen molar-refractivity contribution >= 4 is 23.2 Å². The van der Waals surface area contributed by atoms with Crippen LogP contribution in [0.1, 0.15) is 62.4 Å². The number of benzene rings is 1. The third-order valence-electron chi connectivity index (χ3n) is 5.84. The van der Waals surface area contributed by atoms with Crippen molar-refractivity contribution in [3.63, 3.8) is 0 Å². The molecule has 1 N–H and O–H groups in total. The Morgan fingerprint density at radius 2 is 1.90 bits per heavy atom. The molecule has 2 aromatic rings. The molecule has 1 aromatic heterocycles. The van der Waals surface area contributed by atoms with Crippen LogP contribution in [0.15, 0.2) is 30.6 Å². The highest BCUT2D eigenvalue weighted by atomic mass is 16.2. The molecule has 1 amide bonds. The van der Waals surface area contributed by atoms with Gasteiger partial charge in [-0.3, -0.25) is 4.79 Å². The first kappa shape index (κ1) is 21.1. The first-order valence-electron chi connectivity index (χ1n) is 10.8. The van der Waals surface area contributed by atoms with Crippen LogP contribution in [0.5, 0.6) is 0 Å². The van der Waals surface area contributed by atoms with Gasteiger partial charge in [0.15, 0.2) is 0 Å². The van der Waals surface area contributed by atoms with Crippen LogP contribution in [-0.2, 0) is 0 Å². The normalized spacial score (nSPS) is 16.6. The predicted octanol–water partition coefficient (Wildman–Crippen LogP) is 4.78. The summed E-state index contributed by atoms with van der Waals surface area (Å²) in [6.45, 7) is 11.3. The lowest BCUT2D eigenvalue weighted by molar-refractivity contribution is 0.0607. The Hall–Kier alpha value is -2.63. The molecule has 1 aromatic carbocycles. The van der Waals surface area contributed by atoms with Gasteiger partial charge in [-0.1, -0.05) is 6.92 Å². The molecule has 0 spiro atoms. The average molecular weight is 396 g/mol. The highest BCUT2D eigenvalue weighted by Crippen LogP contribution is 2.25. The molecule has 3 rings (SSSR count). The fraction of sp³-hybridized carbons (Fsp3) is 0.522. The van der Waals surface area contributed by atoms with Crippen molar-refractivity contribution in [2.75, 3.05) is 29.9 Å². The van der Waals surface area contributed by atoms with Crippen LogP contribution in [0, 0.1) is 6.92 Å². The molecule has 29 heavy (non-hydrogen) atoms. The summed E-state index contributed by atoms with van der Waals surface area (Å²) in [5.41, 5.74) is 3.88. The number of piperidine rings is 1. The standard InChI is InChI=1S/C23H33N5O/c1-5-19-10-8-9-13-28(19)22(29)18-15-24-23(25-16-18)26-21-12-11-20(14-17(21)4)27(6-2)7-3/h11-12,14-16,19H,5-10,13H2,1-4H3,(H,24,25,26). The third kappa shape index (κ3) is 4.86. The van der Waals surface area contributed by atoms with E-state index >= 15 is 0 Å². The fourth-order valence-electron chi connectivity index (χ4n) is 4.06. The van der Waals surface area contributed by atoms with Crippen LogP contribution < -0.4 is 10.2 Å². The van der Waals surface area contributed by atoms with E-state index in [4.69, 9.17) is 0 Å². The molecule has 6 heteroatoms. The Balaban J connectivity index is 1.70. The minimum absolute atomic E-state index is 0.0443. The Bertz CT molecular complexity index is 817. The van der Waals surface area contributed by atoms with Gasteiger partial charge in [-0.05, 0) is 70.2 Å². The molecular weight excluding hydrogens is 362 g/mol. The molecule has 1 fully saturated rings. The first-order valence-corrected chi connectivity index (χ1v) is 10.8. The monoisotopic (exact) mass is 395 g/mol.